The minimum absolute atomic E-state index is 0.0229. The predicted molar refractivity (Wildman–Crippen MR) is 92.8 cm³/mol. The van der Waals surface area contributed by atoms with Gasteiger partial charge in [0.05, 0.1) is 7.11 Å². The average Bonchev–Trinajstić information content (AvgIpc) is 2.83. The van der Waals surface area contributed by atoms with Gasteiger partial charge in [-0.25, -0.2) is 8.42 Å². The van der Waals surface area contributed by atoms with Gasteiger partial charge in [0.1, 0.15) is 10.6 Å². The SMILES string of the molecule is COc1ccc(C(=O)NC(C)C)cc1S(=O)(=O)N1CCCCCC1. The Kier molecular flexibility index (Phi) is 6.23. The lowest BCUT2D eigenvalue weighted by Gasteiger charge is -2.21. The zero-order valence-electron chi connectivity index (χ0n) is 14.5. The second-order valence-electron chi connectivity index (χ2n) is 6.31. The van der Waals surface area contributed by atoms with E-state index < -0.39 is 10.0 Å². The van der Waals surface area contributed by atoms with Crippen molar-refractivity contribution in [3.05, 3.63) is 23.8 Å². The van der Waals surface area contributed by atoms with Crippen molar-refractivity contribution in [3.63, 3.8) is 0 Å². The Balaban J connectivity index is 2.40. The Morgan fingerprint density at radius 2 is 1.79 bits per heavy atom. The number of carbonyl (C=O) groups excluding carboxylic acids is 1. The lowest BCUT2D eigenvalue weighted by molar-refractivity contribution is 0.0943. The van der Waals surface area contributed by atoms with E-state index in [0.717, 1.165) is 25.7 Å². The topological polar surface area (TPSA) is 75.7 Å². The van der Waals surface area contributed by atoms with Gasteiger partial charge in [-0.2, -0.15) is 4.31 Å². The molecule has 7 heteroatoms. The fourth-order valence-corrected chi connectivity index (χ4v) is 4.48. The van der Waals surface area contributed by atoms with Gasteiger partial charge in [-0.1, -0.05) is 12.8 Å². The van der Waals surface area contributed by atoms with E-state index in [0.29, 0.717) is 18.7 Å². The average molecular weight is 354 g/mol. The van der Waals surface area contributed by atoms with Gasteiger partial charge < -0.3 is 10.1 Å². The number of hydrogen-bond donors (Lipinski definition) is 1. The fourth-order valence-electron chi connectivity index (χ4n) is 2.79. The number of nitrogens with zero attached hydrogens (tertiary/aromatic N) is 1. The van der Waals surface area contributed by atoms with E-state index >= 15 is 0 Å². The van der Waals surface area contributed by atoms with Crippen molar-refractivity contribution in [1.82, 2.24) is 9.62 Å². The summed E-state index contributed by atoms with van der Waals surface area (Å²) in [4.78, 5) is 12.3. The van der Waals surface area contributed by atoms with Crippen LogP contribution in [0.1, 0.15) is 49.9 Å². The summed E-state index contributed by atoms with van der Waals surface area (Å²) in [6.07, 6.45) is 3.80. The molecule has 1 aliphatic heterocycles. The second-order valence-corrected chi connectivity index (χ2v) is 8.22. The lowest BCUT2D eigenvalue weighted by atomic mass is 10.2. The number of ether oxygens (including phenoxy) is 1. The number of nitrogens with one attached hydrogen (secondary N) is 1. The molecule has 1 amide bonds. The molecule has 24 heavy (non-hydrogen) atoms. The maximum Gasteiger partial charge on any atom is 0.251 e. The van der Waals surface area contributed by atoms with Crippen molar-refractivity contribution in [2.24, 2.45) is 0 Å². The second kappa shape index (κ2) is 7.98. The van der Waals surface area contributed by atoms with Crippen molar-refractivity contribution in [1.29, 1.82) is 0 Å². The Morgan fingerprint density at radius 3 is 2.33 bits per heavy atom. The zero-order chi connectivity index (χ0) is 17.7. The third-order valence-corrected chi connectivity index (χ3v) is 5.95. The molecule has 1 saturated heterocycles. The van der Waals surface area contributed by atoms with E-state index in [1.54, 1.807) is 12.1 Å². The van der Waals surface area contributed by atoms with Crippen LogP contribution in [0.3, 0.4) is 0 Å². The van der Waals surface area contributed by atoms with Crippen molar-refractivity contribution in [2.45, 2.75) is 50.5 Å². The van der Waals surface area contributed by atoms with E-state index in [4.69, 9.17) is 4.74 Å². The monoisotopic (exact) mass is 354 g/mol. The summed E-state index contributed by atoms with van der Waals surface area (Å²) >= 11 is 0. The molecule has 1 fully saturated rings. The minimum atomic E-state index is -3.68. The summed E-state index contributed by atoms with van der Waals surface area (Å²) in [5, 5.41) is 2.78. The number of sulfonamides is 1. The first-order valence-electron chi connectivity index (χ1n) is 8.35. The van der Waals surface area contributed by atoms with Crippen LogP contribution in [0.15, 0.2) is 23.1 Å². The highest BCUT2D eigenvalue weighted by molar-refractivity contribution is 7.89. The number of rotatable bonds is 5. The molecule has 1 heterocycles. The summed E-state index contributed by atoms with van der Waals surface area (Å²) in [5.74, 6) is -0.0275. The van der Waals surface area contributed by atoms with Crippen LogP contribution in [0.2, 0.25) is 0 Å². The largest absolute Gasteiger partial charge is 0.495 e. The lowest BCUT2D eigenvalue weighted by Crippen LogP contribution is -2.33. The number of hydrogen-bond acceptors (Lipinski definition) is 4. The van der Waals surface area contributed by atoms with Crippen LogP contribution in [0.5, 0.6) is 5.75 Å². The van der Waals surface area contributed by atoms with Crippen molar-refractivity contribution < 1.29 is 17.9 Å². The Hall–Kier alpha value is -1.60. The van der Waals surface area contributed by atoms with Crippen molar-refractivity contribution in [2.75, 3.05) is 20.2 Å². The smallest absolute Gasteiger partial charge is 0.251 e. The highest BCUT2D eigenvalue weighted by atomic mass is 32.2. The molecule has 6 nitrogen and oxygen atoms in total. The van der Waals surface area contributed by atoms with Gasteiger partial charge in [0.15, 0.2) is 0 Å². The van der Waals surface area contributed by atoms with E-state index in [-0.39, 0.29) is 22.6 Å². The standard InChI is InChI=1S/C17H26N2O4S/c1-13(2)18-17(20)14-8-9-15(23-3)16(12-14)24(21,22)19-10-6-4-5-7-11-19/h8-9,12-13H,4-7,10-11H2,1-3H3,(H,18,20). The zero-order valence-corrected chi connectivity index (χ0v) is 15.4. The fraction of sp³-hybridized carbons (Fsp3) is 0.588. The number of amides is 1. The third-order valence-electron chi connectivity index (χ3n) is 4.03. The van der Waals surface area contributed by atoms with E-state index in [1.165, 1.54) is 17.5 Å². The van der Waals surface area contributed by atoms with E-state index in [9.17, 15) is 13.2 Å². The number of benzene rings is 1. The van der Waals surface area contributed by atoms with Crippen LogP contribution in [-0.4, -0.2) is 44.9 Å². The maximum atomic E-state index is 13.0. The molecule has 2 rings (SSSR count). The quantitative estimate of drug-likeness (QED) is 0.881. The van der Waals surface area contributed by atoms with Gasteiger partial charge in [-0.3, -0.25) is 4.79 Å². The van der Waals surface area contributed by atoms with Gasteiger partial charge in [0, 0.05) is 24.7 Å². The highest BCUT2D eigenvalue weighted by Gasteiger charge is 2.29. The minimum Gasteiger partial charge on any atom is -0.495 e. The summed E-state index contributed by atoms with van der Waals surface area (Å²) < 4.78 is 32.8. The summed E-state index contributed by atoms with van der Waals surface area (Å²) in [5.41, 5.74) is 0.317. The molecule has 1 N–H and O–H groups in total. The van der Waals surface area contributed by atoms with Crippen LogP contribution in [0, 0.1) is 0 Å². The van der Waals surface area contributed by atoms with Crippen LogP contribution in [0.4, 0.5) is 0 Å². The van der Waals surface area contributed by atoms with Gasteiger partial charge in [0.25, 0.3) is 5.91 Å². The Bertz CT molecular complexity index is 678. The van der Waals surface area contributed by atoms with E-state index in [1.807, 2.05) is 13.8 Å². The maximum absolute atomic E-state index is 13.0. The van der Waals surface area contributed by atoms with Crippen molar-refractivity contribution >= 4 is 15.9 Å². The molecule has 0 radical (unpaired) electrons. The molecule has 0 aromatic heterocycles. The number of methoxy groups -OCH3 is 1. The first-order valence-corrected chi connectivity index (χ1v) is 9.79. The third kappa shape index (κ3) is 4.27. The number of carbonyl (C=O) groups is 1. The Morgan fingerprint density at radius 1 is 1.17 bits per heavy atom. The molecular formula is C17H26N2O4S. The molecular weight excluding hydrogens is 328 g/mol. The Labute approximate surface area is 144 Å². The molecule has 0 atom stereocenters. The van der Waals surface area contributed by atoms with Gasteiger partial charge in [0.2, 0.25) is 10.0 Å². The first kappa shape index (κ1) is 18.7. The molecule has 0 saturated carbocycles. The highest BCUT2D eigenvalue weighted by Crippen LogP contribution is 2.29. The molecule has 0 aliphatic carbocycles. The summed E-state index contributed by atoms with van der Waals surface area (Å²) in [6.45, 7) is 4.73. The molecule has 134 valence electrons. The van der Waals surface area contributed by atoms with Crippen molar-refractivity contribution in [3.8, 4) is 5.75 Å². The first-order chi connectivity index (χ1) is 11.4. The molecule has 1 aliphatic rings. The van der Waals surface area contributed by atoms with Crippen LogP contribution in [-0.2, 0) is 10.0 Å². The molecule has 1 aromatic rings. The summed E-state index contributed by atoms with van der Waals surface area (Å²) in [7, 11) is -2.25. The van der Waals surface area contributed by atoms with Gasteiger partial charge in [-0.15, -0.1) is 0 Å². The summed E-state index contributed by atoms with van der Waals surface area (Å²) in [6, 6.07) is 4.51. The van der Waals surface area contributed by atoms with Crippen LogP contribution in [0.25, 0.3) is 0 Å². The molecule has 0 unspecified atom stereocenters. The predicted octanol–water partition coefficient (Wildman–Crippen LogP) is 2.40. The normalized spacial score (nSPS) is 16.7. The van der Waals surface area contributed by atoms with Gasteiger partial charge in [-0.05, 0) is 44.9 Å². The van der Waals surface area contributed by atoms with Gasteiger partial charge >= 0.3 is 0 Å². The van der Waals surface area contributed by atoms with Crippen LogP contribution < -0.4 is 10.1 Å². The van der Waals surface area contributed by atoms with Crippen LogP contribution >= 0.6 is 0 Å². The molecule has 0 spiro atoms. The molecule has 0 bridgehead atoms. The molecule has 1 aromatic carbocycles. The van der Waals surface area contributed by atoms with E-state index in [2.05, 4.69) is 5.32 Å².